The standard InChI is InChI=1S/C16H24BrNO/c1-16(2)8-4-7-14(10-16)18-11-15(19)12-5-3-6-13(17)9-12/h3,5-6,9,14-15,18-19H,4,7-8,10-11H2,1-2H3. The van der Waals surface area contributed by atoms with E-state index in [0.717, 1.165) is 10.0 Å². The molecule has 0 amide bonds. The van der Waals surface area contributed by atoms with E-state index < -0.39 is 6.10 Å². The van der Waals surface area contributed by atoms with E-state index >= 15 is 0 Å². The van der Waals surface area contributed by atoms with E-state index in [2.05, 4.69) is 35.1 Å². The summed E-state index contributed by atoms with van der Waals surface area (Å²) in [7, 11) is 0. The van der Waals surface area contributed by atoms with Crippen LogP contribution in [0.25, 0.3) is 0 Å². The molecule has 1 saturated carbocycles. The number of aliphatic hydroxyl groups is 1. The fourth-order valence-electron chi connectivity index (χ4n) is 2.98. The van der Waals surface area contributed by atoms with Crippen LogP contribution >= 0.6 is 15.9 Å². The molecule has 2 rings (SSSR count). The highest BCUT2D eigenvalue weighted by atomic mass is 79.9. The molecule has 1 aliphatic carbocycles. The first-order valence-electron chi connectivity index (χ1n) is 7.13. The topological polar surface area (TPSA) is 32.3 Å². The van der Waals surface area contributed by atoms with Crippen molar-refractivity contribution in [3.05, 3.63) is 34.3 Å². The predicted molar refractivity (Wildman–Crippen MR) is 83.1 cm³/mol. The molecule has 0 heterocycles. The first-order valence-corrected chi connectivity index (χ1v) is 7.92. The lowest BCUT2D eigenvalue weighted by Crippen LogP contribution is -2.39. The normalized spacial score (nSPS) is 24.1. The van der Waals surface area contributed by atoms with Gasteiger partial charge in [-0.3, -0.25) is 0 Å². The molecule has 19 heavy (non-hydrogen) atoms. The summed E-state index contributed by atoms with van der Waals surface area (Å²) in [6, 6.07) is 8.45. The zero-order chi connectivity index (χ0) is 13.9. The lowest BCUT2D eigenvalue weighted by atomic mass is 9.75. The third kappa shape index (κ3) is 4.59. The molecule has 1 fully saturated rings. The molecule has 2 unspecified atom stereocenters. The minimum Gasteiger partial charge on any atom is -0.387 e. The van der Waals surface area contributed by atoms with Gasteiger partial charge in [0, 0.05) is 17.1 Å². The third-order valence-electron chi connectivity index (χ3n) is 4.04. The minimum absolute atomic E-state index is 0.428. The molecular formula is C16H24BrNO. The highest BCUT2D eigenvalue weighted by molar-refractivity contribution is 9.10. The maximum Gasteiger partial charge on any atom is 0.0914 e. The zero-order valence-electron chi connectivity index (χ0n) is 11.8. The van der Waals surface area contributed by atoms with E-state index in [4.69, 9.17) is 0 Å². The van der Waals surface area contributed by atoms with Gasteiger partial charge in [0.25, 0.3) is 0 Å². The molecule has 2 nitrogen and oxygen atoms in total. The van der Waals surface area contributed by atoms with E-state index in [9.17, 15) is 5.11 Å². The average Bonchev–Trinajstić information content (AvgIpc) is 2.35. The van der Waals surface area contributed by atoms with Gasteiger partial charge in [-0.25, -0.2) is 0 Å². The van der Waals surface area contributed by atoms with Crippen LogP contribution in [0.15, 0.2) is 28.7 Å². The van der Waals surface area contributed by atoms with Gasteiger partial charge in [0.1, 0.15) is 0 Å². The van der Waals surface area contributed by atoms with Gasteiger partial charge in [0.05, 0.1) is 6.10 Å². The van der Waals surface area contributed by atoms with Crippen molar-refractivity contribution in [3.8, 4) is 0 Å². The Morgan fingerprint density at radius 3 is 2.95 bits per heavy atom. The van der Waals surface area contributed by atoms with Gasteiger partial charge in [0.15, 0.2) is 0 Å². The fraction of sp³-hybridized carbons (Fsp3) is 0.625. The summed E-state index contributed by atoms with van der Waals surface area (Å²) in [4.78, 5) is 0. The van der Waals surface area contributed by atoms with Crippen molar-refractivity contribution in [2.24, 2.45) is 5.41 Å². The molecule has 0 aliphatic heterocycles. The summed E-state index contributed by atoms with van der Waals surface area (Å²) in [5.41, 5.74) is 1.41. The molecule has 0 aromatic heterocycles. The summed E-state index contributed by atoms with van der Waals surface area (Å²) in [5.74, 6) is 0. The molecular weight excluding hydrogens is 302 g/mol. The van der Waals surface area contributed by atoms with Crippen molar-refractivity contribution in [2.45, 2.75) is 51.7 Å². The number of aliphatic hydroxyl groups excluding tert-OH is 1. The Labute approximate surface area is 124 Å². The molecule has 2 atom stereocenters. The van der Waals surface area contributed by atoms with Crippen LogP contribution in [0.4, 0.5) is 0 Å². The Balaban J connectivity index is 1.85. The van der Waals surface area contributed by atoms with Gasteiger partial charge in [0.2, 0.25) is 0 Å². The van der Waals surface area contributed by atoms with Crippen molar-refractivity contribution >= 4 is 15.9 Å². The first-order chi connectivity index (χ1) is 8.96. The Hall–Kier alpha value is -0.380. The maximum absolute atomic E-state index is 10.2. The smallest absolute Gasteiger partial charge is 0.0914 e. The third-order valence-corrected chi connectivity index (χ3v) is 4.53. The average molecular weight is 326 g/mol. The van der Waals surface area contributed by atoms with Crippen molar-refractivity contribution in [1.29, 1.82) is 0 Å². The van der Waals surface area contributed by atoms with Gasteiger partial charge in [-0.05, 0) is 42.4 Å². The molecule has 106 valence electrons. The highest BCUT2D eigenvalue weighted by Crippen LogP contribution is 2.35. The number of benzene rings is 1. The van der Waals surface area contributed by atoms with Crippen LogP contribution in [0.3, 0.4) is 0 Å². The quantitative estimate of drug-likeness (QED) is 0.875. The molecule has 0 saturated heterocycles. The molecule has 0 spiro atoms. The minimum atomic E-state index is -0.428. The second kappa shape index (κ2) is 6.38. The van der Waals surface area contributed by atoms with Crippen LogP contribution in [0.2, 0.25) is 0 Å². The number of rotatable bonds is 4. The molecule has 0 bridgehead atoms. The number of hydrogen-bond acceptors (Lipinski definition) is 2. The summed E-state index contributed by atoms with van der Waals surface area (Å²) in [6.45, 7) is 5.31. The summed E-state index contributed by atoms with van der Waals surface area (Å²) in [5, 5.41) is 13.8. The molecule has 1 aromatic rings. The van der Waals surface area contributed by atoms with Crippen LogP contribution in [-0.4, -0.2) is 17.7 Å². The number of halogens is 1. The Kier molecular flexibility index (Phi) is 5.04. The monoisotopic (exact) mass is 325 g/mol. The predicted octanol–water partition coefficient (Wildman–Crippen LogP) is 4.04. The van der Waals surface area contributed by atoms with E-state index in [1.165, 1.54) is 25.7 Å². The number of hydrogen-bond donors (Lipinski definition) is 2. The highest BCUT2D eigenvalue weighted by Gasteiger charge is 2.27. The molecule has 0 radical (unpaired) electrons. The second-order valence-electron chi connectivity index (χ2n) is 6.44. The van der Waals surface area contributed by atoms with Crippen molar-refractivity contribution in [2.75, 3.05) is 6.54 Å². The van der Waals surface area contributed by atoms with Gasteiger partial charge in [-0.2, -0.15) is 0 Å². The Morgan fingerprint density at radius 2 is 2.26 bits per heavy atom. The summed E-state index contributed by atoms with van der Waals surface area (Å²) < 4.78 is 1.02. The van der Waals surface area contributed by atoms with E-state index in [0.29, 0.717) is 18.0 Å². The molecule has 3 heteroatoms. The van der Waals surface area contributed by atoms with Crippen LogP contribution in [0, 0.1) is 5.41 Å². The van der Waals surface area contributed by atoms with Crippen molar-refractivity contribution in [1.82, 2.24) is 5.32 Å². The van der Waals surface area contributed by atoms with Gasteiger partial charge < -0.3 is 10.4 Å². The largest absolute Gasteiger partial charge is 0.387 e. The van der Waals surface area contributed by atoms with E-state index in [1.54, 1.807) is 0 Å². The van der Waals surface area contributed by atoms with Gasteiger partial charge in [-0.1, -0.05) is 48.3 Å². The molecule has 1 aliphatic rings. The van der Waals surface area contributed by atoms with Crippen LogP contribution in [-0.2, 0) is 0 Å². The Morgan fingerprint density at radius 1 is 1.47 bits per heavy atom. The lowest BCUT2D eigenvalue weighted by Gasteiger charge is -2.36. The van der Waals surface area contributed by atoms with Gasteiger partial charge in [-0.15, -0.1) is 0 Å². The van der Waals surface area contributed by atoms with E-state index in [-0.39, 0.29) is 0 Å². The molecule has 2 N–H and O–H groups in total. The van der Waals surface area contributed by atoms with Crippen molar-refractivity contribution < 1.29 is 5.11 Å². The zero-order valence-corrected chi connectivity index (χ0v) is 13.4. The van der Waals surface area contributed by atoms with E-state index in [1.807, 2.05) is 24.3 Å². The maximum atomic E-state index is 10.2. The first kappa shape index (κ1) is 15.0. The van der Waals surface area contributed by atoms with Crippen molar-refractivity contribution in [3.63, 3.8) is 0 Å². The molecule has 1 aromatic carbocycles. The second-order valence-corrected chi connectivity index (χ2v) is 7.35. The Bertz CT molecular complexity index is 419. The SMILES string of the molecule is CC1(C)CCCC(NCC(O)c2cccc(Br)c2)C1. The fourth-order valence-corrected chi connectivity index (χ4v) is 3.40. The van der Waals surface area contributed by atoms with Crippen LogP contribution < -0.4 is 5.32 Å². The summed E-state index contributed by atoms with van der Waals surface area (Å²) >= 11 is 3.44. The van der Waals surface area contributed by atoms with Crippen LogP contribution in [0.1, 0.15) is 51.2 Å². The summed E-state index contributed by atoms with van der Waals surface area (Å²) in [6.07, 6.45) is 4.62. The van der Waals surface area contributed by atoms with Crippen LogP contribution in [0.5, 0.6) is 0 Å². The van der Waals surface area contributed by atoms with Gasteiger partial charge >= 0.3 is 0 Å². The lowest BCUT2D eigenvalue weighted by molar-refractivity contribution is 0.147. The number of nitrogens with one attached hydrogen (secondary N) is 1.